The molecule has 0 spiro atoms. The van der Waals surface area contributed by atoms with Gasteiger partial charge in [-0.05, 0) is 0 Å². The van der Waals surface area contributed by atoms with Gasteiger partial charge in [-0.2, -0.15) is 0 Å². The number of carbonyl (C=O) groups excluding carboxylic acids is 1. The number of hydrogen-bond acceptors (Lipinski definition) is 5. The highest BCUT2D eigenvalue weighted by Crippen LogP contribution is 2.26. The van der Waals surface area contributed by atoms with Gasteiger partial charge in [0.1, 0.15) is 0 Å². The Morgan fingerprint density at radius 3 is 2.82 bits per heavy atom. The smallest absolute Gasteiger partial charge is 0.305 e. The van der Waals surface area contributed by atoms with Crippen LogP contribution in [0.25, 0.3) is 0 Å². The number of ether oxygens (including phenoxy) is 1. The number of carboxylic acids is 1. The number of morpholine rings is 1. The van der Waals surface area contributed by atoms with Gasteiger partial charge in [0.05, 0.1) is 42.8 Å². The Balaban J connectivity index is 2.03. The van der Waals surface area contributed by atoms with E-state index in [2.05, 4.69) is 25.8 Å². The van der Waals surface area contributed by atoms with Crippen molar-refractivity contribution in [1.29, 1.82) is 0 Å². The summed E-state index contributed by atoms with van der Waals surface area (Å²) in [5, 5.41) is 11.9. The molecule has 1 amide bonds. The van der Waals surface area contributed by atoms with E-state index in [4.69, 9.17) is 9.84 Å². The molecule has 6 nitrogen and oxygen atoms in total. The molecule has 0 bridgehead atoms. The molecule has 1 N–H and O–H groups in total. The Labute approximate surface area is 134 Å². The van der Waals surface area contributed by atoms with Gasteiger partial charge in [0.25, 0.3) is 0 Å². The quantitative estimate of drug-likeness (QED) is 0.911. The average molecular weight is 326 g/mol. The van der Waals surface area contributed by atoms with Gasteiger partial charge in [-0.25, -0.2) is 4.98 Å². The maximum Gasteiger partial charge on any atom is 0.305 e. The van der Waals surface area contributed by atoms with Gasteiger partial charge in [-0.15, -0.1) is 11.3 Å². The fourth-order valence-corrected chi connectivity index (χ4v) is 3.25. The van der Waals surface area contributed by atoms with E-state index in [0.29, 0.717) is 13.2 Å². The molecule has 1 aromatic heterocycles. The van der Waals surface area contributed by atoms with Crippen molar-refractivity contribution in [3.05, 3.63) is 16.1 Å². The largest absolute Gasteiger partial charge is 0.481 e. The summed E-state index contributed by atoms with van der Waals surface area (Å²) in [6.45, 7) is 7.43. The van der Waals surface area contributed by atoms with E-state index in [9.17, 15) is 9.59 Å². The fourth-order valence-electron chi connectivity index (χ4n) is 2.34. The van der Waals surface area contributed by atoms with Crippen LogP contribution in [0.3, 0.4) is 0 Å². The van der Waals surface area contributed by atoms with Crippen molar-refractivity contribution in [3.8, 4) is 0 Å². The average Bonchev–Trinajstić information content (AvgIpc) is 2.87. The molecule has 0 saturated carbocycles. The number of nitrogens with zero attached hydrogens (tertiary/aromatic N) is 2. The zero-order valence-corrected chi connectivity index (χ0v) is 14.0. The second-order valence-corrected chi connectivity index (χ2v) is 7.34. The molecule has 1 aliphatic heterocycles. The van der Waals surface area contributed by atoms with E-state index in [1.54, 1.807) is 16.2 Å². The first kappa shape index (κ1) is 16.9. The number of aromatic nitrogens is 1. The van der Waals surface area contributed by atoms with E-state index in [1.165, 1.54) is 0 Å². The normalized spacial score (nSPS) is 19.2. The zero-order valence-electron chi connectivity index (χ0n) is 13.2. The molecule has 1 saturated heterocycles. The summed E-state index contributed by atoms with van der Waals surface area (Å²) in [6, 6.07) is -0.389. The molecule has 1 fully saturated rings. The monoisotopic (exact) mass is 326 g/mol. The maximum atomic E-state index is 12.5. The minimum Gasteiger partial charge on any atom is -0.481 e. The SMILES string of the molecule is CC(C)(C)c1nc(CC(=O)N2CCOCC2CC(=O)O)cs1. The Morgan fingerprint density at radius 1 is 1.50 bits per heavy atom. The summed E-state index contributed by atoms with van der Waals surface area (Å²) in [5.41, 5.74) is 0.719. The Morgan fingerprint density at radius 2 is 2.23 bits per heavy atom. The molecule has 1 unspecified atom stereocenters. The Bertz CT molecular complexity index is 550. The van der Waals surface area contributed by atoms with Crippen molar-refractivity contribution in [1.82, 2.24) is 9.88 Å². The fraction of sp³-hybridized carbons (Fsp3) is 0.667. The molecular formula is C15H22N2O4S. The highest BCUT2D eigenvalue weighted by molar-refractivity contribution is 7.09. The van der Waals surface area contributed by atoms with Crippen LogP contribution in [0.1, 0.15) is 37.9 Å². The summed E-state index contributed by atoms with van der Waals surface area (Å²) in [4.78, 5) is 29.5. The molecule has 1 atom stereocenters. The molecule has 2 rings (SSSR count). The third-order valence-electron chi connectivity index (χ3n) is 3.48. The van der Waals surface area contributed by atoms with Gasteiger partial charge < -0.3 is 14.7 Å². The van der Waals surface area contributed by atoms with Crippen LogP contribution in [0, 0.1) is 0 Å². The van der Waals surface area contributed by atoms with Crippen molar-refractivity contribution in [2.24, 2.45) is 0 Å². The van der Waals surface area contributed by atoms with Gasteiger partial charge >= 0.3 is 5.97 Å². The lowest BCUT2D eigenvalue weighted by atomic mass is 9.98. The van der Waals surface area contributed by atoms with Crippen molar-refractivity contribution in [3.63, 3.8) is 0 Å². The first-order valence-electron chi connectivity index (χ1n) is 7.31. The standard InChI is InChI=1S/C15H22N2O4S/c1-15(2,3)14-16-10(9-22-14)6-12(18)17-4-5-21-8-11(17)7-13(19)20/h9,11H,4-8H2,1-3H3,(H,19,20). The first-order valence-corrected chi connectivity index (χ1v) is 8.19. The zero-order chi connectivity index (χ0) is 16.3. The van der Waals surface area contributed by atoms with E-state index in [1.807, 2.05) is 5.38 Å². The number of thiazole rings is 1. The summed E-state index contributed by atoms with van der Waals surface area (Å²) in [6.07, 6.45) is 0.124. The van der Waals surface area contributed by atoms with Crippen LogP contribution in [-0.4, -0.2) is 52.7 Å². The maximum absolute atomic E-state index is 12.5. The predicted octanol–water partition coefficient (Wildman–Crippen LogP) is 1.69. The first-order chi connectivity index (χ1) is 10.3. The van der Waals surface area contributed by atoms with Gasteiger partial charge in [0, 0.05) is 17.3 Å². The van der Waals surface area contributed by atoms with Gasteiger partial charge in [0.15, 0.2) is 0 Å². The van der Waals surface area contributed by atoms with Crippen molar-refractivity contribution < 1.29 is 19.4 Å². The topological polar surface area (TPSA) is 79.7 Å². The highest BCUT2D eigenvalue weighted by Gasteiger charge is 2.29. The third kappa shape index (κ3) is 4.27. The summed E-state index contributed by atoms with van der Waals surface area (Å²) >= 11 is 1.56. The van der Waals surface area contributed by atoms with Crippen LogP contribution in [0.15, 0.2) is 5.38 Å². The van der Waals surface area contributed by atoms with Crippen LogP contribution in [0.2, 0.25) is 0 Å². The van der Waals surface area contributed by atoms with Crippen molar-refractivity contribution >= 4 is 23.2 Å². The van der Waals surface area contributed by atoms with E-state index < -0.39 is 5.97 Å². The van der Waals surface area contributed by atoms with Gasteiger partial charge in [-0.3, -0.25) is 9.59 Å². The minimum absolute atomic E-state index is 0.0310. The lowest BCUT2D eigenvalue weighted by molar-refractivity contribution is -0.145. The minimum atomic E-state index is -0.919. The lowest BCUT2D eigenvalue weighted by Crippen LogP contribution is -2.50. The molecule has 7 heteroatoms. The summed E-state index contributed by atoms with van der Waals surface area (Å²) in [7, 11) is 0. The molecule has 22 heavy (non-hydrogen) atoms. The molecule has 0 aromatic carbocycles. The van der Waals surface area contributed by atoms with Crippen molar-refractivity contribution in [2.75, 3.05) is 19.8 Å². The number of aliphatic carboxylic acids is 1. The predicted molar refractivity (Wildman–Crippen MR) is 83.1 cm³/mol. The van der Waals surface area contributed by atoms with Crippen LogP contribution in [0.5, 0.6) is 0 Å². The molecule has 122 valence electrons. The number of rotatable bonds is 4. The van der Waals surface area contributed by atoms with Crippen LogP contribution in [-0.2, 0) is 26.2 Å². The molecule has 0 aliphatic carbocycles. The molecular weight excluding hydrogens is 304 g/mol. The molecule has 0 radical (unpaired) electrons. The highest BCUT2D eigenvalue weighted by atomic mass is 32.1. The third-order valence-corrected chi connectivity index (χ3v) is 4.80. The Hall–Kier alpha value is -1.47. The van der Waals surface area contributed by atoms with Crippen LogP contribution in [0.4, 0.5) is 0 Å². The number of amides is 1. The van der Waals surface area contributed by atoms with E-state index in [-0.39, 0.29) is 36.8 Å². The Kier molecular flexibility index (Phi) is 5.18. The molecule has 2 heterocycles. The van der Waals surface area contributed by atoms with Crippen LogP contribution < -0.4 is 0 Å². The van der Waals surface area contributed by atoms with Crippen LogP contribution >= 0.6 is 11.3 Å². The van der Waals surface area contributed by atoms with Gasteiger partial charge in [0.2, 0.25) is 5.91 Å². The lowest BCUT2D eigenvalue weighted by Gasteiger charge is -2.34. The second kappa shape index (κ2) is 6.75. The summed E-state index contributed by atoms with van der Waals surface area (Å²) < 4.78 is 5.29. The van der Waals surface area contributed by atoms with Crippen molar-refractivity contribution in [2.45, 2.75) is 45.1 Å². The van der Waals surface area contributed by atoms with E-state index in [0.717, 1.165) is 10.7 Å². The van der Waals surface area contributed by atoms with E-state index >= 15 is 0 Å². The summed E-state index contributed by atoms with van der Waals surface area (Å²) in [5.74, 6) is -1.00. The molecule has 1 aromatic rings. The molecule has 1 aliphatic rings. The van der Waals surface area contributed by atoms with Gasteiger partial charge in [-0.1, -0.05) is 20.8 Å². The number of carbonyl (C=O) groups is 2. The number of hydrogen-bond donors (Lipinski definition) is 1. The second-order valence-electron chi connectivity index (χ2n) is 6.48. The number of carboxylic acid groups (broad SMARTS) is 1.